The molecule has 0 spiro atoms. The largest absolute Gasteiger partial charge is 0.444 e. The van der Waals surface area contributed by atoms with Crippen LogP contribution in [-0.4, -0.2) is 33.0 Å². The lowest BCUT2D eigenvalue weighted by atomic mass is 10.1. The molecule has 23 heavy (non-hydrogen) atoms. The van der Waals surface area contributed by atoms with E-state index in [9.17, 15) is 9.59 Å². The Balaban J connectivity index is 2.40. The smallest absolute Gasteiger partial charge is 0.412 e. The van der Waals surface area contributed by atoms with Gasteiger partial charge in [0.15, 0.2) is 5.69 Å². The van der Waals surface area contributed by atoms with E-state index in [1.165, 1.54) is 0 Å². The number of nitrogens with one attached hydrogen (secondary N) is 2. The molecule has 1 aromatic carbocycles. The maximum absolute atomic E-state index is 12.0. The number of carbonyl (C=O) groups is 2. The number of hydrogen-bond donors (Lipinski definition) is 3. The van der Waals surface area contributed by atoms with Gasteiger partial charge >= 0.3 is 6.09 Å². The van der Waals surface area contributed by atoms with E-state index in [1.54, 1.807) is 39.0 Å². The number of nitrogens with zero attached hydrogens (tertiary/aromatic N) is 2. The minimum absolute atomic E-state index is 0.0182. The standard InChI is InChI=1S/C14H16BrN5O3/c1-14(2,3)23-13(22)17-9-5-4-7(15)6-8(9)10-11(12(16)21)19-20-18-10/h4-6H,1-3H3,(H2,16,21)(H,17,22)(H,18,19,20). The van der Waals surface area contributed by atoms with E-state index in [2.05, 4.69) is 36.7 Å². The van der Waals surface area contributed by atoms with Gasteiger partial charge in [-0.2, -0.15) is 15.4 Å². The average Bonchev–Trinajstić information content (AvgIpc) is 2.87. The minimum Gasteiger partial charge on any atom is -0.444 e. The first kappa shape index (κ1) is 16.9. The number of nitrogens with two attached hydrogens (primary N) is 1. The number of halogens is 1. The van der Waals surface area contributed by atoms with Crippen molar-refractivity contribution in [3.8, 4) is 11.3 Å². The summed E-state index contributed by atoms with van der Waals surface area (Å²) in [6, 6.07) is 5.08. The zero-order chi connectivity index (χ0) is 17.2. The zero-order valence-electron chi connectivity index (χ0n) is 12.8. The van der Waals surface area contributed by atoms with Crippen LogP contribution in [0.2, 0.25) is 0 Å². The summed E-state index contributed by atoms with van der Waals surface area (Å²) < 4.78 is 5.96. The Morgan fingerprint density at radius 2 is 2.00 bits per heavy atom. The lowest BCUT2D eigenvalue weighted by Gasteiger charge is -2.20. The maximum atomic E-state index is 12.0. The molecule has 2 rings (SSSR count). The average molecular weight is 382 g/mol. The van der Waals surface area contributed by atoms with Crippen LogP contribution in [0.25, 0.3) is 11.3 Å². The molecule has 0 aliphatic carbocycles. The lowest BCUT2D eigenvalue weighted by Crippen LogP contribution is -2.27. The molecule has 0 bridgehead atoms. The summed E-state index contributed by atoms with van der Waals surface area (Å²) in [5.41, 5.74) is 5.77. The molecule has 0 radical (unpaired) electrons. The Kier molecular flexibility index (Phi) is 4.69. The molecule has 9 heteroatoms. The Morgan fingerprint density at radius 1 is 1.30 bits per heavy atom. The van der Waals surface area contributed by atoms with Crippen molar-refractivity contribution in [1.82, 2.24) is 15.4 Å². The third-order valence-electron chi connectivity index (χ3n) is 2.65. The van der Waals surface area contributed by atoms with Crippen molar-refractivity contribution < 1.29 is 14.3 Å². The Bertz CT molecular complexity index is 751. The number of benzene rings is 1. The molecule has 0 aliphatic rings. The fourth-order valence-electron chi connectivity index (χ4n) is 1.83. The van der Waals surface area contributed by atoms with Crippen molar-refractivity contribution >= 4 is 33.6 Å². The van der Waals surface area contributed by atoms with Crippen LogP contribution in [0.4, 0.5) is 10.5 Å². The zero-order valence-corrected chi connectivity index (χ0v) is 14.4. The van der Waals surface area contributed by atoms with Crippen LogP contribution in [0.15, 0.2) is 22.7 Å². The Morgan fingerprint density at radius 3 is 2.61 bits per heavy atom. The van der Waals surface area contributed by atoms with Gasteiger partial charge < -0.3 is 10.5 Å². The molecule has 0 saturated carbocycles. The maximum Gasteiger partial charge on any atom is 0.412 e. The van der Waals surface area contributed by atoms with Crippen LogP contribution in [0, 0.1) is 0 Å². The summed E-state index contributed by atoms with van der Waals surface area (Å²) >= 11 is 3.34. The third kappa shape index (κ3) is 4.28. The predicted molar refractivity (Wildman–Crippen MR) is 87.9 cm³/mol. The van der Waals surface area contributed by atoms with E-state index in [4.69, 9.17) is 10.5 Å². The summed E-state index contributed by atoms with van der Waals surface area (Å²) in [4.78, 5) is 23.4. The first-order valence-electron chi connectivity index (χ1n) is 6.68. The van der Waals surface area contributed by atoms with Gasteiger partial charge in [-0.1, -0.05) is 15.9 Å². The number of aromatic amines is 1. The van der Waals surface area contributed by atoms with Crippen LogP contribution < -0.4 is 11.1 Å². The first-order chi connectivity index (χ1) is 10.7. The van der Waals surface area contributed by atoms with Crippen molar-refractivity contribution in [2.45, 2.75) is 26.4 Å². The number of hydrogen-bond acceptors (Lipinski definition) is 5. The quantitative estimate of drug-likeness (QED) is 0.753. The molecule has 0 saturated heterocycles. The van der Waals surface area contributed by atoms with E-state index < -0.39 is 17.6 Å². The van der Waals surface area contributed by atoms with Crippen LogP contribution in [0.3, 0.4) is 0 Å². The summed E-state index contributed by atoms with van der Waals surface area (Å²) in [6.07, 6.45) is -0.620. The topological polar surface area (TPSA) is 123 Å². The molecular weight excluding hydrogens is 366 g/mol. The van der Waals surface area contributed by atoms with Crippen molar-refractivity contribution in [1.29, 1.82) is 0 Å². The monoisotopic (exact) mass is 381 g/mol. The highest BCUT2D eigenvalue weighted by molar-refractivity contribution is 9.10. The molecule has 2 aromatic rings. The molecule has 0 unspecified atom stereocenters. The molecule has 122 valence electrons. The number of H-pyrrole nitrogens is 1. The van der Waals surface area contributed by atoms with Gasteiger partial charge in [0.2, 0.25) is 0 Å². The highest BCUT2D eigenvalue weighted by atomic mass is 79.9. The van der Waals surface area contributed by atoms with Gasteiger partial charge in [0.25, 0.3) is 5.91 Å². The number of carbonyl (C=O) groups excluding carboxylic acids is 2. The molecule has 1 aromatic heterocycles. The molecule has 8 nitrogen and oxygen atoms in total. The van der Waals surface area contributed by atoms with Crippen LogP contribution in [0.1, 0.15) is 31.3 Å². The second kappa shape index (κ2) is 6.37. The van der Waals surface area contributed by atoms with Crippen LogP contribution in [-0.2, 0) is 4.74 Å². The molecule has 4 N–H and O–H groups in total. The van der Waals surface area contributed by atoms with Crippen molar-refractivity contribution in [2.24, 2.45) is 5.73 Å². The molecule has 0 fully saturated rings. The van der Waals surface area contributed by atoms with Gasteiger partial charge in [-0.05, 0) is 39.0 Å². The fourth-order valence-corrected chi connectivity index (χ4v) is 2.19. The predicted octanol–water partition coefficient (Wildman–Crippen LogP) is 2.68. The number of amides is 2. The van der Waals surface area contributed by atoms with Gasteiger partial charge in [-0.3, -0.25) is 10.1 Å². The number of primary amides is 1. The van der Waals surface area contributed by atoms with E-state index in [0.29, 0.717) is 11.3 Å². The third-order valence-corrected chi connectivity index (χ3v) is 3.15. The van der Waals surface area contributed by atoms with Gasteiger partial charge in [0, 0.05) is 10.0 Å². The van der Waals surface area contributed by atoms with E-state index in [1.807, 2.05) is 0 Å². The van der Waals surface area contributed by atoms with E-state index >= 15 is 0 Å². The summed E-state index contributed by atoms with van der Waals surface area (Å²) in [6.45, 7) is 5.29. The molecule has 2 amide bonds. The van der Waals surface area contributed by atoms with E-state index in [-0.39, 0.29) is 11.4 Å². The van der Waals surface area contributed by atoms with Crippen molar-refractivity contribution in [2.75, 3.05) is 5.32 Å². The second-order valence-electron chi connectivity index (χ2n) is 5.70. The van der Waals surface area contributed by atoms with Crippen molar-refractivity contribution in [3.05, 3.63) is 28.4 Å². The lowest BCUT2D eigenvalue weighted by molar-refractivity contribution is 0.0636. The van der Waals surface area contributed by atoms with E-state index in [0.717, 1.165) is 4.47 Å². The summed E-state index contributed by atoms with van der Waals surface area (Å²) in [5.74, 6) is -0.725. The van der Waals surface area contributed by atoms with Crippen LogP contribution >= 0.6 is 15.9 Å². The Labute approximate surface area is 140 Å². The number of aromatic nitrogens is 3. The molecule has 0 atom stereocenters. The molecule has 1 heterocycles. The van der Waals surface area contributed by atoms with Gasteiger partial charge in [-0.15, -0.1) is 0 Å². The molecular formula is C14H16BrN5O3. The fraction of sp³-hybridized carbons (Fsp3) is 0.286. The van der Waals surface area contributed by atoms with Gasteiger partial charge in [-0.25, -0.2) is 4.79 Å². The van der Waals surface area contributed by atoms with Crippen molar-refractivity contribution in [3.63, 3.8) is 0 Å². The number of ether oxygens (including phenoxy) is 1. The number of rotatable bonds is 3. The van der Waals surface area contributed by atoms with Crippen LogP contribution in [0.5, 0.6) is 0 Å². The number of anilines is 1. The highest BCUT2D eigenvalue weighted by Gasteiger charge is 2.21. The van der Waals surface area contributed by atoms with Gasteiger partial charge in [0.1, 0.15) is 11.3 Å². The first-order valence-corrected chi connectivity index (χ1v) is 7.47. The van der Waals surface area contributed by atoms with Gasteiger partial charge in [0.05, 0.1) is 5.69 Å². The molecule has 0 aliphatic heterocycles. The Hall–Kier alpha value is -2.42. The normalized spacial score (nSPS) is 11.1. The summed E-state index contributed by atoms with van der Waals surface area (Å²) in [5, 5.41) is 12.7. The minimum atomic E-state index is -0.725. The SMILES string of the molecule is CC(C)(C)OC(=O)Nc1ccc(Br)cc1-c1n[nH]nc1C(N)=O. The second-order valence-corrected chi connectivity index (χ2v) is 6.62. The summed E-state index contributed by atoms with van der Waals surface area (Å²) in [7, 11) is 0. The highest BCUT2D eigenvalue weighted by Crippen LogP contribution is 2.31.